The minimum Gasteiger partial charge on any atom is -0.492 e. The Kier molecular flexibility index (Phi) is 6.58. The molecule has 2 aromatic rings. The molecule has 2 aliphatic rings. The van der Waals surface area contributed by atoms with Gasteiger partial charge in [-0.2, -0.15) is 0 Å². The summed E-state index contributed by atoms with van der Waals surface area (Å²) in [7, 11) is -3.17. The number of hydrogen-bond acceptors (Lipinski definition) is 4. The van der Waals surface area contributed by atoms with Crippen LogP contribution in [0.1, 0.15) is 46.0 Å². The molecule has 4 rings (SSSR count). The minimum absolute atomic E-state index is 0.233. The monoisotopic (exact) mass is 442 g/mol. The lowest BCUT2D eigenvalue weighted by molar-refractivity contribution is 0.200. The van der Waals surface area contributed by atoms with Crippen LogP contribution in [0.5, 0.6) is 5.75 Å². The van der Waals surface area contributed by atoms with Crippen LogP contribution in [0.3, 0.4) is 0 Å². The number of nitrogens with zero attached hydrogens (tertiary/aromatic N) is 1. The van der Waals surface area contributed by atoms with Gasteiger partial charge in [0.2, 0.25) is 10.0 Å². The van der Waals surface area contributed by atoms with Crippen LogP contribution >= 0.6 is 0 Å². The quantitative estimate of drug-likeness (QED) is 0.624. The number of hydrogen-bond donors (Lipinski definition) is 1. The second-order valence-electron chi connectivity index (χ2n) is 9.56. The van der Waals surface area contributed by atoms with Crippen molar-refractivity contribution in [2.45, 2.75) is 52.0 Å². The van der Waals surface area contributed by atoms with E-state index in [2.05, 4.69) is 19.2 Å². The molecule has 0 spiro atoms. The summed E-state index contributed by atoms with van der Waals surface area (Å²) in [6.07, 6.45) is 5.76. The first kappa shape index (κ1) is 22.2. The zero-order valence-corrected chi connectivity index (χ0v) is 19.5. The fourth-order valence-corrected chi connectivity index (χ4v) is 6.11. The minimum atomic E-state index is -3.17. The summed E-state index contributed by atoms with van der Waals surface area (Å²) in [5, 5.41) is 3.63. The van der Waals surface area contributed by atoms with Gasteiger partial charge in [0, 0.05) is 19.1 Å². The highest BCUT2D eigenvalue weighted by atomic mass is 32.2. The zero-order chi connectivity index (χ0) is 21.9. The molecule has 1 aliphatic heterocycles. The second-order valence-corrected chi connectivity index (χ2v) is 11.6. The SMILES string of the molecule is CC1(C)CCC(NCCOc2ccc(-c3cccc(N4CCCS4(=O)=O)c3)cc2)CC1. The van der Waals surface area contributed by atoms with Crippen LogP contribution in [0.2, 0.25) is 0 Å². The van der Waals surface area contributed by atoms with E-state index in [0.29, 0.717) is 31.0 Å². The van der Waals surface area contributed by atoms with Crippen molar-refractivity contribution in [1.82, 2.24) is 5.32 Å². The molecule has 168 valence electrons. The Morgan fingerprint density at radius 1 is 1.06 bits per heavy atom. The molecule has 1 saturated heterocycles. The van der Waals surface area contributed by atoms with Gasteiger partial charge in [0.15, 0.2) is 0 Å². The van der Waals surface area contributed by atoms with E-state index in [0.717, 1.165) is 29.1 Å². The molecule has 1 heterocycles. The number of benzene rings is 2. The number of nitrogens with one attached hydrogen (secondary N) is 1. The van der Waals surface area contributed by atoms with Crippen LogP contribution in [0.25, 0.3) is 11.1 Å². The predicted molar refractivity (Wildman–Crippen MR) is 127 cm³/mol. The van der Waals surface area contributed by atoms with Crippen molar-refractivity contribution < 1.29 is 13.2 Å². The topological polar surface area (TPSA) is 58.6 Å². The van der Waals surface area contributed by atoms with Crippen molar-refractivity contribution in [3.63, 3.8) is 0 Å². The predicted octanol–water partition coefficient (Wildman–Crippen LogP) is 4.83. The maximum absolute atomic E-state index is 12.2. The van der Waals surface area contributed by atoms with Gasteiger partial charge in [-0.05, 0) is 72.9 Å². The lowest BCUT2D eigenvalue weighted by Crippen LogP contribution is -2.37. The second kappa shape index (κ2) is 9.21. The van der Waals surface area contributed by atoms with Gasteiger partial charge in [0.05, 0.1) is 11.4 Å². The van der Waals surface area contributed by atoms with Crippen LogP contribution < -0.4 is 14.4 Å². The Labute approximate surface area is 186 Å². The molecule has 2 fully saturated rings. The molecule has 1 saturated carbocycles. The summed E-state index contributed by atoms with van der Waals surface area (Å²) in [4.78, 5) is 0. The van der Waals surface area contributed by atoms with E-state index in [4.69, 9.17) is 4.74 Å². The Balaban J connectivity index is 1.29. The first-order chi connectivity index (χ1) is 14.8. The first-order valence-corrected chi connectivity index (χ1v) is 13.0. The molecular formula is C25H34N2O3S. The molecule has 0 unspecified atom stereocenters. The van der Waals surface area contributed by atoms with Gasteiger partial charge in [-0.1, -0.05) is 38.1 Å². The van der Waals surface area contributed by atoms with Crippen molar-refractivity contribution in [3.05, 3.63) is 48.5 Å². The third-order valence-electron chi connectivity index (χ3n) is 6.56. The van der Waals surface area contributed by atoms with Gasteiger partial charge in [-0.3, -0.25) is 4.31 Å². The molecule has 0 atom stereocenters. The molecule has 6 heteroatoms. The smallest absolute Gasteiger partial charge is 0.235 e. The molecule has 0 radical (unpaired) electrons. The van der Waals surface area contributed by atoms with Gasteiger partial charge in [0.25, 0.3) is 0 Å². The average Bonchev–Trinajstić information content (AvgIpc) is 3.12. The molecule has 31 heavy (non-hydrogen) atoms. The Morgan fingerprint density at radius 2 is 1.81 bits per heavy atom. The van der Waals surface area contributed by atoms with Crippen LogP contribution in [-0.4, -0.2) is 39.9 Å². The number of rotatable bonds is 7. The lowest BCUT2D eigenvalue weighted by atomic mass is 9.75. The molecule has 0 bridgehead atoms. The Hall–Kier alpha value is -2.05. The maximum Gasteiger partial charge on any atom is 0.235 e. The molecule has 1 N–H and O–H groups in total. The maximum atomic E-state index is 12.2. The summed E-state index contributed by atoms with van der Waals surface area (Å²) in [6, 6.07) is 16.4. The summed E-state index contributed by atoms with van der Waals surface area (Å²) >= 11 is 0. The van der Waals surface area contributed by atoms with E-state index in [9.17, 15) is 8.42 Å². The fraction of sp³-hybridized carbons (Fsp3) is 0.520. The van der Waals surface area contributed by atoms with Crippen molar-refractivity contribution in [2.75, 3.05) is 29.8 Å². The summed E-state index contributed by atoms with van der Waals surface area (Å²) in [5.74, 6) is 1.09. The van der Waals surface area contributed by atoms with E-state index < -0.39 is 10.0 Å². The highest BCUT2D eigenvalue weighted by Crippen LogP contribution is 2.35. The van der Waals surface area contributed by atoms with Gasteiger partial charge >= 0.3 is 0 Å². The summed E-state index contributed by atoms with van der Waals surface area (Å²) in [6.45, 7) is 6.80. The Morgan fingerprint density at radius 3 is 2.48 bits per heavy atom. The van der Waals surface area contributed by atoms with Gasteiger partial charge in [-0.25, -0.2) is 8.42 Å². The number of sulfonamides is 1. The lowest BCUT2D eigenvalue weighted by Gasteiger charge is -2.34. The van der Waals surface area contributed by atoms with E-state index in [1.54, 1.807) is 0 Å². The van der Waals surface area contributed by atoms with Crippen molar-refractivity contribution in [1.29, 1.82) is 0 Å². The van der Waals surface area contributed by atoms with Crippen molar-refractivity contribution >= 4 is 15.7 Å². The Bertz CT molecular complexity index is 976. The molecule has 2 aromatic carbocycles. The van der Waals surface area contributed by atoms with Crippen LogP contribution in [0.4, 0.5) is 5.69 Å². The van der Waals surface area contributed by atoms with Gasteiger partial charge in [0.1, 0.15) is 12.4 Å². The summed E-state index contributed by atoms with van der Waals surface area (Å²) in [5.41, 5.74) is 3.30. The van der Waals surface area contributed by atoms with Crippen molar-refractivity contribution in [2.24, 2.45) is 5.41 Å². The van der Waals surface area contributed by atoms with E-state index in [-0.39, 0.29) is 5.75 Å². The summed E-state index contributed by atoms with van der Waals surface area (Å²) < 4.78 is 31.9. The number of ether oxygens (including phenoxy) is 1. The third-order valence-corrected chi connectivity index (χ3v) is 8.43. The highest BCUT2D eigenvalue weighted by Gasteiger charge is 2.28. The molecule has 0 aromatic heterocycles. The van der Waals surface area contributed by atoms with Gasteiger partial charge < -0.3 is 10.1 Å². The van der Waals surface area contributed by atoms with E-state index in [1.165, 1.54) is 30.0 Å². The largest absolute Gasteiger partial charge is 0.492 e. The molecule has 1 aliphatic carbocycles. The average molecular weight is 443 g/mol. The third kappa shape index (κ3) is 5.60. The fourth-order valence-electron chi connectivity index (χ4n) is 4.55. The molecular weight excluding hydrogens is 408 g/mol. The normalized spacial score (nSPS) is 20.6. The molecule has 0 amide bonds. The van der Waals surface area contributed by atoms with E-state index >= 15 is 0 Å². The standard InChI is InChI=1S/C25H34N2O3S/c1-25(2)13-11-22(12-14-25)26-15-17-30-24-9-7-20(8-10-24)21-5-3-6-23(19-21)27-16-4-18-31(27,28)29/h3,5-10,19,22,26H,4,11-18H2,1-2H3. The number of anilines is 1. The van der Waals surface area contributed by atoms with Crippen LogP contribution in [-0.2, 0) is 10.0 Å². The van der Waals surface area contributed by atoms with Crippen molar-refractivity contribution in [3.8, 4) is 16.9 Å². The first-order valence-electron chi connectivity index (χ1n) is 11.4. The highest BCUT2D eigenvalue weighted by molar-refractivity contribution is 7.93. The van der Waals surface area contributed by atoms with Crippen LogP contribution in [0.15, 0.2) is 48.5 Å². The molecule has 5 nitrogen and oxygen atoms in total. The van der Waals surface area contributed by atoms with E-state index in [1.807, 2.05) is 48.5 Å². The zero-order valence-electron chi connectivity index (χ0n) is 18.6. The van der Waals surface area contributed by atoms with Gasteiger partial charge in [-0.15, -0.1) is 0 Å². The van der Waals surface area contributed by atoms with Crippen LogP contribution in [0, 0.1) is 5.41 Å².